The van der Waals surface area contributed by atoms with E-state index in [-0.39, 0.29) is 0 Å². The van der Waals surface area contributed by atoms with Crippen molar-refractivity contribution in [2.24, 2.45) is 0 Å². The summed E-state index contributed by atoms with van der Waals surface area (Å²) in [4.78, 5) is 2.50. The number of benzene rings is 2. The molecule has 2 aromatic carbocycles. The minimum atomic E-state index is 0.782. The van der Waals surface area contributed by atoms with Crippen LogP contribution in [0.4, 0.5) is 0 Å². The fraction of sp³-hybridized carbons (Fsp3) is 0.400. The molecule has 1 aliphatic heterocycles. The maximum absolute atomic E-state index is 5.88. The second-order valence-electron chi connectivity index (χ2n) is 6.14. The van der Waals surface area contributed by atoms with Gasteiger partial charge in [0.1, 0.15) is 12.4 Å². The summed E-state index contributed by atoms with van der Waals surface area (Å²) in [6.45, 7) is 6.41. The minimum Gasteiger partial charge on any atom is -0.492 e. The first-order valence-electron chi connectivity index (χ1n) is 8.33. The lowest BCUT2D eigenvalue weighted by Crippen LogP contribution is -2.33. The van der Waals surface area contributed by atoms with E-state index in [1.807, 2.05) is 0 Å². The van der Waals surface area contributed by atoms with Crippen LogP contribution in [0.3, 0.4) is 0 Å². The first-order chi connectivity index (χ1) is 10.8. The van der Waals surface area contributed by atoms with Crippen LogP contribution in [0.25, 0.3) is 11.1 Å². The van der Waals surface area contributed by atoms with Crippen LogP contribution in [0.1, 0.15) is 24.8 Å². The quantitative estimate of drug-likeness (QED) is 0.803. The molecule has 0 bridgehead atoms. The van der Waals surface area contributed by atoms with Gasteiger partial charge in [0.15, 0.2) is 0 Å². The van der Waals surface area contributed by atoms with E-state index in [0.29, 0.717) is 0 Å². The fourth-order valence-corrected chi connectivity index (χ4v) is 3.04. The van der Waals surface area contributed by atoms with Gasteiger partial charge in [0.2, 0.25) is 0 Å². The number of aryl methyl sites for hydroxylation is 1. The summed E-state index contributed by atoms with van der Waals surface area (Å²) >= 11 is 0. The summed E-state index contributed by atoms with van der Waals surface area (Å²) in [5, 5.41) is 0. The van der Waals surface area contributed by atoms with Gasteiger partial charge in [-0.1, -0.05) is 48.4 Å². The van der Waals surface area contributed by atoms with Crippen LogP contribution in [0.15, 0.2) is 48.5 Å². The van der Waals surface area contributed by atoms with Gasteiger partial charge >= 0.3 is 0 Å². The van der Waals surface area contributed by atoms with Crippen LogP contribution < -0.4 is 4.74 Å². The third kappa shape index (κ3) is 4.11. The second kappa shape index (κ2) is 7.46. The molecule has 2 heteroatoms. The second-order valence-corrected chi connectivity index (χ2v) is 6.14. The summed E-state index contributed by atoms with van der Waals surface area (Å²) in [6.07, 6.45) is 4.06. The first kappa shape index (κ1) is 15.1. The summed E-state index contributed by atoms with van der Waals surface area (Å²) in [6, 6.07) is 17.0. The highest BCUT2D eigenvalue weighted by atomic mass is 16.5. The Morgan fingerprint density at radius 2 is 1.68 bits per heavy atom. The molecule has 0 N–H and O–H groups in total. The molecule has 116 valence electrons. The number of ether oxygens (including phenoxy) is 1. The fourth-order valence-electron chi connectivity index (χ4n) is 3.04. The molecular weight excluding hydrogens is 270 g/mol. The molecule has 3 rings (SSSR count). The highest BCUT2D eigenvalue weighted by Crippen LogP contribution is 2.23. The number of hydrogen-bond donors (Lipinski definition) is 0. The summed E-state index contributed by atoms with van der Waals surface area (Å²) in [5.41, 5.74) is 3.80. The largest absolute Gasteiger partial charge is 0.492 e. The van der Waals surface area contributed by atoms with E-state index >= 15 is 0 Å². The predicted molar refractivity (Wildman–Crippen MR) is 92.4 cm³/mol. The smallest absolute Gasteiger partial charge is 0.119 e. The van der Waals surface area contributed by atoms with Crippen molar-refractivity contribution in [1.82, 2.24) is 4.90 Å². The lowest BCUT2D eigenvalue weighted by molar-refractivity contribution is 0.183. The molecule has 1 heterocycles. The zero-order chi connectivity index (χ0) is 15.2. The summed E-state index contributed by atoms with van der Waals surface area (Å²) in [7, 11) is 0. The predicted octanol–water partition coefficient (Wildman–Crippen LogP) is 4.53. The van der Waals surface area contributed by atoms with E-state index in [0.717, 1.165) is 18.9 Å². The van der Waals surface area contributed by atoms with E-state index in [1.54, 1.807) is 0 Å². The average Bonchev–Trinajstić information content (AvgIpc) is 2.56. The molecule has 0 atom stereocenters. The number of hydrogen-bond acceptors (Lipinski definition) is 2. The average molecular weight is 295 g/mol. The molecule has 2 nitrogen and oxygen atoms in total. The highest BCUT2D eigenvalue weighted by molar-refractivity contribution is 5.64. The van der Waals surface area contributed by atoms with Crippen LogP contribution in [-0.4, -0.2) is 31.1 Å². The lowest BCUT2D eigenvalue weighted by atomic mass is 10.0. The normalized spacial score (nSPS) is 15.7. The van der Waals surface area contributed by atoms with Gasteiger partial charge in [-0.15, -0.1) is 0 Å². The van der Waals surface area contributed by atoms with Crippen molar-refractivity contribution < 1.29 is 4.74 Å². The zero-order valence-electron chi connectivity index (χ0n) is 13.4. The van der Waals surface area contributed by atoms with Crippen molar-refractivity contribution in [1.29, 1.82) is 0 Å². The molecule has 1 aliphatic rings. The van der Waals surface area contributed by atoms with Gasteiger partial charge in [-0.3, -0.25) is 4.90 Å². The third-order valence-electron chi connectivity index (χ3n) is 4.33. The zero-order valence-corrected chi connectivity index (χ0v) is 13.4. The highest BCUT2D eigenvalue weighted by Gasteiger charge is 2.09. The molecule has 2 aromatic rings. The standard InChI is InChI=1S/C20H25NO/c1-17-6-5-7-19(16-17)18-8-10-20(11-9-18)22-15-14-21-12-3-2-4-13-21/h5-11,16H,2-4,12-15H2,1H3. The summed E-state index contributed by atoms with van der Waals surface area (Å²) < 4.78 is 5.88. The van der Waals surface area contributed by atoms with Gasteiger partial charge in [-0.25, -0.2) is 0 Å². The lowest BCUT2D eigenvalue weighted by Gasteiger charge is -2.26. The Morgan fingerprint density at radius 3 is 2.41 bits per heavy atom. The number of rotatable bonds is 5. The Kier molecular flexibility index (Phi) is 5.12. The van der Waals surface area contributed by atoms with Crippen LogP contribution in [0, 0.1) is 6.92 Å². The van der Waals surface area contributed by atoms with E-state index in [2.05, 4.69) is 60.4 Å². The number of piperidine rings is 1. The van der Waals surface area contributed by atoms with Crippen LogP contribution >= 0.6 is 0 Å². The minimum absolute atomic E-state index is 0.782. The molecule has 0 amide bonds. The van der Waals surface area contributed by atoms with Crippen molar-refractivity contribution in [3.05, 3.63) is 54.1 Å². The topological polar surface area (TPSA) is 12.5 Å². The number of nitrogens with zero attached hydrogens (tertiary/aromatic N) is 1. The van der Waals surface area contributed by atoms with Crippen molar-refractivity contribution in [2.45, 2.75) is 26.2 Å². The van der Waals surface area contributed by atoms with Crippen LogP contribution in [0.5, 0.6) is 5.75 Å². The van der Waals surface area contributed by atoms with Gasteiger partial charge in [0, 0.05) is 6.54 Å². The Hall–Kier alpha value is -1.80. The van der Waals surface area contributed by atoms with Crippen molar-refractivity contribution in [3.63, 3.8) is 0 Å². The molecular formula is C20H25NO. The Balaban J connectivity index is 1.53. The molecule has 0 unspecified atom stereocenters. The van der Waals surface area contributed by atoms with Gasteiger partial charge in [-0.2, -0.15) is 0 Å². The first-order valence-corrected chi connectivity index (χ1v) is 8.33. The van der Waals surface area contributed by atoms with E-state index in [9.17, 15) is 0 Å². The van der Waals surface area contributed by atoms with Crippen molar-refractivity contribution >= 4 is 0 Å². The molecule has 22 heavy (non-hydrogen) atoms. The Morgan fingerprint density at radius 1 is 0.909 bits per heavy atom. The molecule has 1 saturated heterocycles. The Labute approximate surface area is 133 Å². The molecule has 0 aliphatic carbocycles. The molecule has 0 radical (unpaired) electrons. The van der Waals surface area contributed by atoms with Crippen molar-refractivity contribution in [2.75, 3.05) is 26.2 Å². The van der Waals surface area contributed by atoms with Crippen molar-refractivity contribution in [3.8, 4) is 16.9 Å². The van der Waals surface area contributed by atoms with E-state index < -0.39 is 0 Å². The number of likely N-dealkylation sites (tertiary alicyclic amines) is 1. The van der Waals surface area contributed by atoms with Gasteiger partial charge in [0.05, 0.1) is 0 Å². The van der Waals surface area contributed by atoms with Gasteiger partial charge < -0.3 is 4.74 Å². The van der Waals surface area contributed by atoms with Crippen LogP contribution in [-0.2, 0) is 0 Å². The van der Waals surface area contributed by atoms with E-state index in [1.165, 1.54) is 49.0 Å². The molecule has 0 spiro atoms. The molecule has 0 aromatic heterocycles. The van der Waals surface area contributed by atoms with Crippen LogP contribution in [0.2, 0.25) is 0 Å². The monoisotopic (exact) mass is 295 g/mol. The van der Waals surface area contributed by atoms with Gasteiger partial charge in [0.25, 0.3) is 0 Å². The van der Waals surface area contributed by atoms with Gasteiger partial charge in [-0.05, 0) is 56.1 Å². The maximum atomic E-state index is 5.88. The third-order valence-corrected chi connectivity index (χ3v) is 4.33. The maximum Gasteiger partial charge on any atom is 0.119 e. The van der Waals surface area contributed by atoms with E-state index in [4.69, 9.17) is 4.74 Å². The SMILES string of the molecule is Cc1cccc(-c2ccc(OCCN3CCCCC3)cc2)c1. The molecule has 1 fully saturated rings. The Bertz CT molecular complexity index is 585. The summed E-state index contributed by atoms with van der Waals surface area (Å²) in [5.74, 6) is 0.966. The molecule has 0 saturated carbocycles.